The lowest BCUT2D eigenvalue weighted by Gasteiger charge is -2.12. The molecule has 0 N–H and O–H groups in total. The second kappa shape index (κ2) is 13.9. The Morgan fingerprint density at radius 2 is 1.36 bits per heavy atom. The quantitative estimate of drug-likeness (QED) is 0.324. The Hall–Kier alpha value is -1.23. The number of aromatic nitrogens is 2. The fourth-order valence-electron chi connectivity index (χ4n) is 3.18. The molecule has 160 valence electrons. The molecule has 0 saturated heterocycles. The summed E-state index contributed by atoms with van der Waals surface area (Å²) in [5, 5.41) is 0. The van der Waals surface area contributed by atoms with Crippen molar-refractivity contribution in [2.24, 2.45) is 0 Å². The molecule has 0 unspecified atom stereocenters. The van der Waals surface area contributed by atoms with Gasteiger partial charge < -0.3 is 26.5 Å². The maximum absolute atomic E-state index is 6.12. The predicted molar refractivity (Wildman–Crippen MR) is 113 cm³/mol. The molecule has 0 bridgehead atoms. The van der Waals surface area contributed by atoms with Crippen LogP contribution in [0.3, 0.4) is 0 Å². The summed E-state index contributed by atoms with van der Waals surface area (Å²) in [6, 6.07) is 4.40. The van der Waals surface area contributed by atoms with Crippen LogP contribution in [0.2, 0.25) is 0 Å². The van der Waals surface area contributed by atoms with E-state index < -0.39 is 0 Å². The minimum absolute atomic E-state index is 0. The molecule has 1 aromatic carbocycles. The van der Waals surface area contributed by atoms with Crippen LogP contribution in [0.25, 0.3) is 11.0 Å². The van der Waals surface area contributed by atoms with Crippen LogP contribution in [0.5, 0.6) is 11.5 Å². The largest absolute Gasteiger partial charge is 1.00 e. The number of rotatable bonds is 14. The Morgan fingerprint density at radius 1 is 0.786 bits per heavy atom. The summed E-state index contributed by atoms with van der Waals surface area (Å²) in [6.07, 6.45) is 11.5. The molecule has 4 nitrogen and oxygen atoms in total. The van der Waals surface area contributed by atoms with Crippen molar-refractivity contribution < 1.29 is 31.0 Å². The van der Waals surface area contributed by atoms with Crippen molar-refractivity contribution in [3.05, 3.63) is 18.5 Å². The lowest BCUT2D eigenvalue weighted by Crippen LogP contribution is -3.00. The van der Waals surface area contributed by atoms with Crippen molar-refractivity contribution in [2.75, 3.05) is 13.2 Å². The number of hydrogen-bond acceptors (Lipinski definition) is 2. The minimum atomic E-state index is 0. The van der Waals surface area contributed by atoms with E-state index in [0.717, 1.165) is 63.5 Å². The third-order valence-electron chi connectivity index (χ3n) is 4.95. The van der Waals surface area contributed by atoms with E-state index >= 15 is 0 Å². The molecule has 0 aliphatic carbocycles. The summed E-state index contributed by atoms with van der Waals surface area (Å²) in [4.78, 5) is 0. The highest BCUT2D eigenvalue weighted by Crippen LogP contribution is 2.32. The van der Waals surface area contributed by atoms with Crippen LogP contribution in [0, 0.1) is 0 Å². The van der Waals surface area contributed by atoms with Crippen LogP contribution in [0.4, 0.5) is 0 Å². The number of nitrogens with zero attached hydrogens (tertiary/aromatic N) is 2. The zero-order valence-electron chi connectivity index (χ0n) is 18.3. The van der Waals surface area contributed by atoms with Gasteiger partial charge in [-0.05, 0) is 25.7 Å². The number of ether oxygens (including phenoxy) is 2. The molecule has 0 aliphatic rings. The van der Waals surface area contributed by atoms with E-state index in [1.54, 1.807) is 0 Å². The van der Waals surface area contributed by atoms with E-state index in [9.17, 15) is 0 Å². The van der Waals surface area contributed by atoms with E-state index in [4.69, 9.17) is 9.47 Å². The molecule has 0 amide bonds. The van der Waals surface area contributed by atoms with Crippen molar-refractivity contribution in [2.45, 2.75) is 92.2 Å². The van der Waals surface area contributed by atoms with Gasteiger partial charge in [0.05, 0.1) is 26.3 Å². The summed E-state index contributed by atoms with van der Waals surface area (Å²) < 4.78 is 17.0. The highest BCUT2D eigenvalue weighted by atomic mass is 79.9. The first-order valence-electron chi connectivity index (χ1n) is 11.1. The maximum Gasteiger partial charge on any atom is 0.244 e. The van der Waals surface area contributed by atoms with Gasteiger partial charge in [0.2, 0.25) is 6.33 Å². The highest BCUT2D eigenvalue weighted by molar-refractivity contribution is 5.77. The fourth-order valence-corrected chi connectivity index (χ4v) is 3.18. The van der Waals surface area contributed by atoms with Gasteiger partial charge in [0.1, 0.15) is 0 Å². The lowest BCUT2D eigenvalue weighted by molar-refractivity contribution is -0.672. The zero-order valence-corrected chi connectivity index (χ0v) is 19.9. The Kier molecular flexibility index (Phi) is 12.3. The second-order valence-electron chi connectivity index (χ2n) is 7.40. The van der Waals surface area contributed by atoms with Gasteiger partial charge in [-0.1, -0.05) is 53.4 Å². The SMILES string of the molecule is CCCCOc1cc2c(cc1OCCCC)[n+](CCCC)cn2CCCC.[Br-]. The van der Waals surface area contributed by atoms with E-state index in [1.807, 2.05) is 0 Å². The number of imidazole rings is 1. The molecule has 0 atom stereocenters. The summed E-state index contributed by atoms with van der Waals surface area (Å²) >= 11 is 0. The number of fused-ring (bicyclic) bond motifs is 1. The first-order chi connectivity index (χ1) is 13.2. The van der Waals surface area contributed by atoms with Gasteiger partial charge >= 0.3 is 0 Å². The van der Waals surface area contributed by atoms with Crippen LogP contribution in [-0.4, -0.2) is 17.8 Å². The van der Waals surface area contributed by atoms with Crippen LogP contribution in [0.1, 0.15) is 79.1 Å². The van der Waals surface area contributed by atoms with Gasteiger partial charge in [-0.2, -0.15) is 0 Å². The molecule has 0 aliphatic heterocycles. The molecule has 1 aromatic heterocycles. The summed E-state index contributed by atoms with van der Waals surface area (Å²) in [7, 11) is 0. The van der Waals surface area contributed by atoms with Crippen molar-refractivity contribution >= 4 is 11.0 Å². The lowest BCUT2D eigenvalue weighted by atomic mass is 10.2. The van der Waals surface area contributed by atoms with Gasteiger partial charge in [-0.25, -0.2) is 9.13 Å². The van der Waals surface area contributed by atoms with Gasteiger partial charge in [0.15, 0.2) is 22.5 Å². The van der Waals surface area contributed by atoms with Crippen molar-refractivity contribution in [3.8, 4) is 11.5 Å². The van der Waals surface area contributed by atoms with Crippen molar-refractivity contribution in [1.82, 2.24) is 4.57 Å². The summed E-state index contributed by atoms with van der Waals surface area (Å²) in [5.74, 6) is 1.79. The number of hydrogen-bond donors (Lipinski definition) is 0. The Morgan fingerprint density at radius 3 is 1.93 bits per heavy atom. The molecule has 0 radical (unpaired) electrons. The van der Waals surface area contributed by atoms with Crippen molar-refractivity contribution in [1.29, 1.82) is 0 Å². The zero-order chi connectivity index (χ0) is 19.5. The molecule has 0 saturated carbocycles. The highest BCUT2D eigenvalue weighted by Gasteiger charge is 2.20. The fraction of sp³-hybridized carbons (Fsp3) is 0.696. The molecular weight excluding hydrogens is 416 g/mol. The molecule has 5 heteroatoms. The van der Waals surface area contributed by atoms with Crippen LogP contribution >= 0.6 is 0 Å². The van der Waals surface area contributed by atoms with Gasteiger partial charge in [0.25, 0.3) is 0 Å². The Bertz CT molecular complexity index is 629. The van der Waals surface area contributed by atoms with E-state index in [2.05, 4.69) is 55.3 Å². The molecule has 0 fully saturated rings. The normalized spacial score (nSPS) is 10.9. The molecule has 0 spiro atoms. The molecule has 2 aromatic rings. The second-order valence-corrected chi connectivity index (χ2v) is 7.40. The average molecular weight is 455 g/mol. The first-order valence-corrected chi connectivity index (χ1v) is 11.1. The van der Waals surface area contributed by atoms with Gasteiger partial charge in [-0.15, -0.1) is 0 Å². The number of aryl methyl sites for hydroxylation is 2. The summed E-state index contributed by atoms with van der Waals surface area (Å²) in [6.45, 7) is 12.5. The van der Waals surface area contributed by atoms with Gasteiger partial charge in [-0.3, -0.25) is 0 Å². The van der Waals surface area contributed by atoms with E-state index in [0.29, 0.717) is 0 Å². The Labute approximate surface area is 182 Å². The first kappa shape index (κ1) is 24.8. The van der Waals surface area contributed by atoms with Crippen LogP contribution < -0.4 is 31.0 Å². The third-order valence-corrected chi connectivity index (χ3v) is 4.95. The topological polar surface area (TPSA) is 27.3 Å². The molecule has 1 heterocycles. The molecule has 2 rings (SSSR count). The van der Waals surface area contributed by atoms with Crippen LogP contribution in [0.15, 0.2) is 18.5 Å². The molecular formula is C23H39BrN2O2. The standard InChI is InChI=1S/C23H39N2O2.BrH/c1-5-9-13-24-19-25(14-10-6-2)21-18-23(27-16-12-8-4)22(17-20(21)24)26-15-11-7-3;/h17-19H,5-16H2,1-4H3;1H/q+1;/p-1. The van der Waals surface area contributed by atoms with Crippen molar-refractivity contribution in [3.63, 3.8) is 0 Å². The maximum atomic E-state index is 6.12. The Balaban J connectivity index is 0.00000392. The third kappa shape index (κ3) is 6.98. The number of halogens is 1. The predicted octanol–water partition coefficient (Wildman–Crippen LogP) is 2.89. The minimum Gasteiger partial charge on any atom is -1.00 e. The van der Waals surface area contributed by atoms with E-state index in [1.165, 1.54) is 36.7 Å². The monoisotopic (exact) mass is 454 g/mol. The summed E-state index contributed by atoms with van der Waals surface area (Å²) in [5.41, 5.74) is 2.52. The van der Waals surface area contributed by atoms with Crippen LogP contribution in [-0.2, 0) is 13.1 Å². The smallest absolute Gasteiger partial charge is 0.244 e. The van der Waals surface area contributed by atoms with E-state index in [-0.39, 0.29) is 17.0 Å². The average Bonchev–Trinajstić information content (AvgIpc) is 3.01. The number of unbranched alkanes of at least 4 members (excludes halogenated alkanes) is 4. The molecule has 28 heavy (non-hydrogen) atoms. The number of benzene rings is 1. The van der Waals surface area contributed by atoms with Gasteiger partial charge in [0, 0.05) is 12.1 Å².